The Balaban J connectivity index is 2.59. The van der Waals surface area contributed by atoms with Crippen molar-refractivity contribution < 1.29 is 13.9 Å². The van der Waals surface area contributed by atoms with Crippen molar-refractivity contribution in [2.45, 2.75) is 32.8 Å². The van der Waals surface area contributed by atoms with Crippen molar-refractivity contribution >= 4 is 5.91 Å². The maximum Gasteiger partial charge on any atom is 0.260 e. The van der Waals surface area contributed by atoms with Crippen LogP contribution in [-0.4, -0.2) is 18.6 Å². The van der Waals surface area contributed by atoms with E-state index < -0.39 is 11.9 Å². The van der Waals surface area contributed by atoms with Crippen molar-refractivity contribution in [3.63, 3.8) is 0 Å². The highest BCUT2D eigenvalue weighted by Crippen LogP contribution is 2.19. The Labute approximate surface area is 112 Å². The van der Waals surface area contributed by atoms with Gasteiger partial charge in [-0.15, -0.1) is 0 Å². The molecule has 19 heavy (non-hydrogen) atoms. The summed E-state index contributed by atoms with van der Waals surface area (Å²) in [5, 5.41) is 11.3. The number of carbonyl (C=O) groups excluding carboxylic acids is 1. The fourth-order valence-corrected chi connectivity index (χ4v) is 1.44. The summed E-state index contributed by atoms with van der Waals surface area (Å²) >= 11 is 0. The Kier molecular flexibility index (Phi) is 5.80. The molecule has 5 heteroatoms. The van der Waals surface area contributed by atoms with Crippen LogP contribution in [0.3, 0.4) is 0 Å². The van der Waals surface area contributed by atoms with E-state index in [2.05, 4.69) is 5.32 Å². The van der Waals surface area contributed by atoms with Crippen LogP contribution < -0.4 is 10.1 Å². The molecule has 1 unspecified atom stereocenters. The van der Waals surface area contributed by atoms with E-state index in [0.29, 0.717) is 6.54 Å². The third kappa shape index (κ3) is 4.59. The molecular weight excluding hydrogens is 247 g/mol. The standard InChI is InChI=1S/C14H17FN2O2/c1-3-4-7-17-14(18)10(2)19-13-6-5-11(9-16)8-12(13)15/h5-6,8,10H,3-4,7H2,1-2H3,(H,17,18). The quantitative estimate of drug-likeness (QED) is 0.802. The molecule has 1 atom stereocenters. The number of rotatable bonds is 6. The average molecular weight is 264 g/mol. The zero-order valence-electron chi connectivity index (χ0n) is 11.1. The normalized spacial score (nSPS) is 11.5. The van der Waals surface area contributed by atoms with Gasteiger partial charge in [-0.3, -0.25) is 4.79 Å². The Morgan fingerprint density at radius 1 is 1.58 bits per heavy atom. The first kappa shape index (κ1) is 15.0. The minimum Gasteiger partial charge on any atom is -0.478 e. The van der Waals surface area contributed by atoms with Gasteiger partial charge in [0.1, 0.15) is 0 Å². The van der Waals surface area contributed by atoms with Crippen LogP contribution in [0.15, 0.2) is 18.2 Å². The van der Waals surface area contributed by atoms with Crippen molar-refractivity contribution in [2.24, 2.45) is 0 Å². The average Bonchev–Trinajstić information content (AvgIpc) is 2.41. The van der Waals surface area contributed by atoms with Gasteiger partial charge in [-0.1, -0.05) is 13.3 Å². The van der Waals surface area contributed by atoms with E-state index in [9.17, 15) is 9.18 Å². The highest BCUT2D eigenvalue weighted by atomic mass is 19.1. The summed E-state index contributed by atoms with van der Waals surface area (Å²) in [6, 6.07) is 5.71. The van der Waals surface area contributed by atoms with Gasteiger partial charge in [0.25, 0.3) is 5.91 Å². The molecule has 0 radical (unpaired) electrons. The number of nitrogens with one attached hydrogen (secondary N) is 1. The van der Waals surface area contributed by atoms with Gasteiger partial charge >= 0.3 is 0 Å². The maximum absolute atomic E-state index is 13.6. The molecule has 0 spiro atoms. The number of nitriles is 1. The lowest BCUT2D eigenvalue weighted by molar-refractivity contribution is -0.127. The molecule has 0 bridgehead atoms. The molecule has 0 aliphatic rings. The first-order valence-electron chi connectivity index (χ1n) is 6.22. The second-order valence-electron chi connectivity index (χ2n) is 4.16. The molecule has 0 aliphatic carbocycles. The fourth-order valence-electron chi connectivity index (χ4n) is 1.44. The molecule has 102 valence electrons. The van der Waals surface area contributed by atoms with Crippen LogP contribution in [-0.2, 0) is 4.79 Å². The molecule has 1 N–H and O–H groups in total. The maximum atomic E-state index is 13.6. The molecule has 1 aromatic rings. The summed E-state index contributed by atoms with van der Waals surface area (Å²) in [6.45, 7) is 4.16. The van der Waals surface area contributed by atoms with Crippen LogP contribution >= 0.6 is 0 Å². The van der Waals surface area contributed by atoms with Crippen molar-refractivity contribution in [1.82, 2.24) is 5.32 Å². The lowest BCUT2D eigenvalue weighted by Crippen LogP contribution is -2.36. The highest BCUT2D eigenvalue weighted by molar-refractivity contribution is 5.80. The predicted octanol–water partition coefficient (Wildman–Crippen LogP) is 2.38. The minimum atomic E-state index is -0.778. The highest BCUT2D eigenvalue weighted by Gasteiger charge is 2.16. The largest absolute Gasteiger partial charge is 0.478 e. The number of carbonyl (C=O) groups is 1. The van der Waals surface area contributed by atoms with Crippen LogP contribution in [0, 0.1) is 17.1 Å². The number of benzene rings is 1. The second kappa shape index (κ2) is 7.37. The summed E-state index contributed by atoms with van der Waals surface area (Å²) in [7, 11) is 0. The third-order valence-electron chi connectivity index (χ3n) is 2.56. The molecule has 0 aliphatic heterocycles. The van der Waals surface area contributed by atoms with E-state index in [1.807, 2.05) is 13.0 Å². The predicted molar refractivity (Wildman–Crippen MR) is 69.1 cm³/mol. The summed E-state index contributed by atoms with van der Waals surface area (Å²) in [5.41, 5.74) is 0.213. The number of hydrogen-bond acceptors (Lipinski definition) is 3. The van der Waals surface area contributed by atoms with Gasteiger partial charge < -0.3 is 10.1 Å². The van der Waals surface area contributed by atoms with Crippen LogP contribution in [0.4, 0.5) is 4.39 Å². The van der Waals surface area contributed by atoms with Crippen LogP contribution in [0.2, 0.25) is 0 Å². The van der Waals surface area contributed by atoms with Crippen molar-refractivity contribution in [3.8, 4) is 11.8 Å². The lowest BCUT2D eigenvalue weighted by Gasteiger charge is -2.15. The summed E-state index contributed by atoms with van der Waals surface area (Å²) in [4.78, 5) is 11.6. The summed E-state index contributed by atoms with van der Waals surface area (Å²) in [6.07, 6.45) is 1.10. The number of ether oxygens (including phenoxy) is 1. The molecule has 1 rings (SSSR count). The molecule has 0 fully saturated rings. The number of amides is 1. The van der Waals surface area contributed by atoms with Gasteiger partial charge in [0.2, 0.25) is 0 Å². The fraction of sp³-hybridized carbons (Fsp3) is 0.429. The Morgan fingerprint density at radius 2 is 2.32 bits per heavy atom. The van der Waals surface area contributed by atoms with Crippen LogP contribution in [0.5, 0.6) is 5.75 Å². The van der Waals surface area contributed by atoms with Gasteiger partial charge in [-0.05, 0) is 31.5 Å². The molecular formula is C14H17FN2O2. The van der Waals surface area contributed by atoms with E-state index in [1.165, 1.54) is 12.1 Å². The van der Waals surface area contributed by atoms with E-state index in [1.54, 1.807) is 6.92 Å². The monoisotopic (exact) mass is 264 g/mol. The first-order valence-corrected chi connectivity index (χ1v) is 6.22. The van der Waals surface area contributed by atoms with Gasteiger partial charge in [-0.25, -0.2) is 4.39 Å². The van der Waals surface area contributed by atoms with Crippen molar-refractivity contribution in [1.29, 1.82) is 5.26 Å². The number of halogens is 1. The summed E-state index contributed by atoms with van der Waals surface area (Å²) in [5.74, 6) is -0.957. The van der Waals surface area contributed by atoms with Gasteiger partial charge in [-0.2, -0.15) is 5.26 Å². The van der Waals surface area contributed by atoms with Gasteiger partial charge in [0.15, 0.2) is 17.7 Å². The van der Waals surface area contributed by atoms with E-state index in [0.717, 1.165) is 18.9 Å². The Bertz CT molecular complexity index is 483. The Hall–Kier alpha value is -2.09. The molecule has 1 amide bonds. The minimum absolute atomic E-state index is 0.0304. The van der Waals surface area contributed by atoms with E-state index in [-0.39, 0.29) is 17.2 Å². The number of nitrogens with zero attached hydrogens (tertiary/aromatic N) is 1. The summed E-state index contributed by atoms with van der Waals surface area (Å²) < 4.78 is 18.8. The lowest BCUT2D eigenvalue weighted by atomic mass is 10.2. The molecule has 0 aromatic heterocycles. The van der Waals surface area contributed by atoms with Gasteiger partial charge in [0, 0.05) is 6.54 Å². The zero-order valence-corrected chi connectivity index (χ0v) is 11.1. The SMILES string of the molecule is CCCCNC(=O)C(C)Oc1ccc(C#N)cc1F. The van der Waals surface area contributed by atoms with Gasteiger partial charge in [0.05, 0.1) is 11.6 Å². The smallest absolute Gasteiger partial charge is 0.260 e. The Morgan fingerprint density at radius 3 is 2.89 bits per heavy atom. The molecule has 4 nitrogen and oxygen atoms in total. The zero-order chi connectivity index (χ0) is 14.3. The first-order chi connectivity index (χ1) is 9.08. The van der Waals surface area contributed by atoms with Crippen molar-refractivity contribution in [3.05, 3.63) is 29.6 Å². The molecule has 0 saturated carbocycles. The number of unbranched alkanes of at least 4 members (excludes halogenated alkanes) is 1. The third-order valence-corrected chi connectivity index (χ3v) is 2.56. The van der Waals surface area contributed by atoms with Crippen LogP contribution in [0.1, 0.15) is 32.3 Å². The van der Waals surface area contributed by atoms with Crippen LogP contribution in [0.25, 0.3) is 0 Å². The molecule has 1 aromatic carbocycles. The topological polar surface area (TPSA) is 62.1 Å². The molecule has 0 heterocycles. The van der Waals surface area contributed by atoms with E-state index >= 15 is 0 Å². The second-order valence-corrected chi connectivity index (χ2v) is 4.16. The van der Waals surface area contributed by atoms with E-state index in [4.69, 9.17) is 10.00 Å². The number of hydrogen-bond donors (Lipinski definition) is 1. The molecule has 0 saturated heterocycles. The van der Waals surface area contributed by atoms with Crippen molar-refractivity contribution in [2.75, 3.05) is 6.54 Å².